The van der Waals surface area contributed by atoms with Crippen LogP contribution in [-0.4, -0.2) is 41.9 Å². The monoisotopic (exact) mass is 355 g/mol. The minimum Gasteiger partial charge on any atom is -0.389 e. The summed E-state index contributed by atoms with van der Waals surface area (Å²) in [6, 6.07) is 10.4. The van der Waals surface area contributed by atoms with E-state index in [1.165, 1.54) is 11.1 Å². The van der Waals surface area contributed by atoms with Gasteiger partial charge in [0.2, 0.25) is 0 Å². The lowest BCUT2D eigenvalue weighted by Crippen LogP contribution is -2.59. The van der Waals surface area contributed by atoms with Gasteiger partial charge in [-0.25, -0.2) is 0 Å². The Balaban J connectivity index is 0.000000960. The molecule has 4 rings (SSSR count). The minimum atomic E-state index is -0.468. The molecule has 0 amide bonds. The molecule has 0 radical (unpaired) electrons. The number of para-hydroxylation sites is 1. The van der Waals surface area contributed by atoms with E-state index in [1.54, 1.807) is 0 Å². The molecule has 0 bridgehead atoms. The number of hydrogen-bond acceptors (Lipinski definition) is 4. The van der Waals surface area contributed by atoms with E-state index in [9.17, 15) is 5.11 Å². The van der Waals surface area contributed by atoms with Crippen molar-refractivity contribution in [3.05, 3.63) is 36.5 Å². The van der Waals surface area contributed by atoms with Crippen molar-refractivity contribution in [3.8, 4) is 0 Å². The van der Waals surface area contributed by atoms with Crippen LogP contribution in [0.1, 0.15) is 12.8 Å². The zero-order chi connectivity index (χ0) is 14.3. The molecular weight excluding hydrogens is 333 g/mol. The average Bonchev–Trinajstić information content (AvgIpc) is 2.53. The number of pyridine rings is 1. The molecule has 2 aliphatic rings. The fourth-order valence-electron chi connectivity index (χ4n) is 3.80. The standard InChI is InChI=1S/C17H21N3O.2ClH/c21-17-6-9-18-11-13(17)12-20(10-7-17)16-5-8-19-15-4-2-1-3-14(15)16;;/h1-5,8,13,18,21H,6-7,9-12H2;2*1H/t13-,17-;;/m0../s1. The van der Waals surface area contributed by atoms with Crippen molar-refractivity contribution in [2.45, 2.75) is 18.4 Å². The summed E-state index contributed by atoms with van der Waals surface area (Å²) in [6.45, 7) is 3.68. The van der Waals surface area contributed by atoms with Gasteiger partial charge in [0.1, 0.15) is 0 Å². The Bertz CT molecular complexity index is 664. The number of hydrogen-bond donors (Lipinski definition) is 2. The summed E-state index contributed by atoms with van der Waals surface area (Å²) in [5, 5.41) is 15.4. The first kappa shape index (κ1) is 18.3. The molecular formula is C17H23Cl2N3O. The van der Waals surface area contributed by atoms with Crippen LogP contribution >= 0.6 is 24.8 Å². The van der Waals surface area contributed by atoms with E-state index in [0.717, 1.165) is 44.5 Å². The lowest BCUT2D eigenvalue weighted by atomic mass is 9.76. The molecule has 0 spiro atoms. The fraction of sp³-hybridized carbons (Fsp3) is 0.471. The lowest BCUT2D eigenvalue weighted by molar-refractivity contribution is -0.0538. The van der Waals surface area contributed by atoms with E-state index in [2.05, 4.69) is 39.5 Å². The second kappa shape index (κ2) is 7.22. The molecule has 0 aliphatic carbocycles. The highest BCUT2D eigenvalue weighted by Crippen LogP contribution is 2.36. The molecule has 0 unspecified atom stereocenters. The third kappa shape index (κ3) is 3.26. The van der Waals surface area contributed by atoms with Gasteiger partial charge in [-0.1, -0.05) is 18.2 Å². The number of aliphatic hydroxyl groups is 1. The van der Waals surface area contributed by atoms with E-state index in [4.69, 9.17) is 0 Å². The van der Waals surface area contributed by atoms with E-state index < -0.39 is 5.60 Å². The molecule has 126 valence electrons. The third-order valence-corrected chi connectivity index (χ3v) is 5.11. The molecule has 0 saturated carbocycles. The zero-order valence-electron chi connectivity index (χ0n) is 12.9. The quantitative estimate of drug-likeness (QED) is 0.825. The van der Waals surface area contributed by atoms with Crippen molar-refractivity contribution in [2.24, 2.45) is 5.92 Å². The molecule has 2 aromatic rings. The molecule has 2 aliphatic heterocycles. The highest BCUT2D eigenvalue weighted by molar-refractivity contribution is 5.91. The molecule has 6 heteroatoms. The first-order valence-corrected chi connectivity index (χ1v) is 7.78. The van der Waals surface area contributed by atoms with Crippen molar-refractivity contribution >= 4 is 41.4 Å². The van der Waals surface area contributed by atoms with Gasteiger partial charge in [0.15, 0.2) is 0 Å². The van der Waals surface area contributed by atoms with Crippen molar-refractivity contribution in [2.75, 3.05) is 31.1 Å². The summed E-state index contributed by atoms with van der Waals surface area (Å²) in [6.07, 6.45) is 3.62. The van der Waals surface area contributed by atoms with Gasteiger partial charge in [-0.3, -0.25) is 4.98 Å². The largest absolute Gasteiger partial charge is 0.389 e. The predicted octanol–water partition coefficient (Wildman–Crippen LogP) is 2.63. The number of anilines is 1. The van der Waals surface area contributed by atoms with Crippen LogP contribution in [0.2, 0.25) is 0 Å². The molecule has 1 aromatic heterocycles. The maximum Gasteiger partial charge on any atom is 0.0733 e. The first-order valence-electron chi connectivity index (χ1n) is 7.78. The number of nitrogens with one attached hydrogen (secondary N) is 1. The Morgan fingerprint density at radius 2 is 2.00 bits per heavy atom. The topological polar surface area (TPSA) is 48.4 Å². The van der Waals surface area contributed by atoms with Crippen LogP contribution in [0.15, 0.2) is 36.5 Å². The van der Waals surface area contributed by atoms with E-state index in [1.807, 2.05) is 12.3 Å². The Kier molecular flexibility index (Phi) is 5.74. The second-order valence-electron chi connectivity index (χ2n) is 6.30. The Hall–Kier alpha value is -1.07. The molecule has 1 aromatic carbocycles. The predicted molar refractivity (Wildman–Crippen MR) is 99.0 cm³/mol. The van der Waals surface area contributed by atoms with Gasteiger partial charge in [-0.2, -0.15) is 0 Å². The van der Waals surface area contributed by atoms with Gasteiger partial charge in [0, 0.05) is 42.8 Å². The number of rotatable bonds is 1. The van der Waals surface area contributed by atoms with Crippen LogP contribution in [0.3, 0.4) is 0 Å². The normalized spacial score (nSPS) is 26.8. The Morgan fingerprint density at radius 3 is 2.87 bits per heavy atom. The van der Waals surface area contributed by atoms with Crippen LogP contribution in [0.5, 0.6) is 0 Å². The van der Waals surface area contributed by atoms with Crippen LogP contribution in [-0.2, 0) is 0 Å². The highest BCUT2D eigenvalue weighted by Gasteiger charge is 2.43. The van der Waals surface area contributed by atoms with Gasteiger partial charge < -0.3 is 15.3 Å². The van der Waals surface area contributed by atoms with E-state index >= 15 is 0 Å². The molecule has 3 heterocycles. The summed E-state index contributed by atoms with van der Waals surface area (Å²) < 4.78 is 0. The third-order valence-electron chi connectivity index (χ3n) is 5.11. The SMILES string of the molecule is Cl.Cl.O[C@]12CCNC[C@H]1CN(c1ccnc3ccccc13)CC2. The maximum atomic E-state index is 10.8. The van der Waals surface area contributed by atoms with Crippen molar-refractivity contribution in [1.29, 1.82) is 0 Å². The highest BCUT2D eigenvalue weighted by atomic mass is 35.5. The number of fused-ring (bicyclic) bond motifs is 2. The molecule has 2 atom stereocenters. The molecule has 23 heavy (non-hydrogen) atoms. The number of benzene rings is 1. The number of halogens is 2. The Labute approximate surface area is 149 Å². The summed E-state index contributed by atoms with van der Waals surface area (Å²) in [7, 11) is 0. The fourth-order valence-corrected chi connectivity index (χ4v) is 3.80. The van der Waals surface area contributed by atoms with Crippen LogP contribution in [0.25, 0.3) is 10.9 Å². The molecule has 4 nitrogen and oxygen atoms in total. The number of aromatic nitrogens is 1. The second-order valence-corrected chi connectivity index (χ2v) is 6.30. The van der Waals surface area contributed by atoms with Crippen molar-refractivity contribution in [1.82, 2.24) is 10.3 Å². The van der Waals surface area contributed by atoms with Crippen molar-refractivity contribution in [3.63, 3.8) is 0 Å². The Morgan fingerprint density at radius 1 is 1.17 bits per heavy atom. The first-order chi connectivity index (χ1) is 10.3. The van der Waals surface area contributed by atoms with Gasteiger partial charge in [-0.15, -0.1) is 24.8 Å². The van der Waals surface area contributed by atoms with E-state index in [-0.39, 0.29) is 24.8 Å². The van der Waals surface area contributed by atoms with Gasteiger partial charge in [-0.05, 0) is 31.5 Å². The van der Waals surface area contributed by atoms with Crippen LogP contribution in [0.4, 0.5) is 5.69 Å². The number of piperidine rings is 2. The van der Waals surface area contributed by atoms with E-state index in [0.29, 0.717) is 5.92 Å². The van der Waals surface area contributed by atoms with Crippen LogP contribution < -0.4 is 10.2 Å². The van der Waals surface area contributed by atoms with Crippen molar-refractivity contribution < 1.29 is 5.11 Å². The van der Waals surface area contributed by atoms with Gasteiger partial charge in [0.25, 0.3) is 0 Å². The molecule has 2 fully saturated rings. The number of nitrogens with zero attached hydrogens (tertiary/aromatic N) is 2. The zero-order valence-corrected chi connectivity index (χ0v) is 14.6. The van der Waals surface area contributed by atoms with Gasteiger partial charge >= 0.3 is 0 Å². The molecule has 2 saturated heterocycles. The lowest BCUT2D eigenvalue weighted by Gasteiger charge is -2.48. The summed E-state index contributed by atoms with van der Waals surface area (Å²) >= 11 is 0. The van der Waals surface area contributed by atoms with Gasteiger partial charge in [0.05, 0.1) is 11.1 Å². The summed E-state index contributed by atoms with van der Waals surface area (Å²) in [4.78, 5) is 6.86. The minimum absolute atomic E-state index is 0. The average molecular weight is 356 g/mol. The summed E-state index contributed by atoms with van der Waals surface area (Å²) in [5.41, 5.74) is 1.82. The maximum absolute atomic E-state index is 10.8. The molecule has 2 N–H and O–H groups in total. The summed E-state index contributed by atoms with van der Waals surface area (Å²) in [5.74, 6) is 0.312. The van der Waals surface area contributed by atoms with Crippen LogP contribution in [0, 0.1) is 5.92 Å². The smallest absolute Gasteiger partial charge is 0.0733 e.